The van der Waals surface area contributed by atoms with Crippen molar-refractivity contribution in [1.82, 2.24) is 0 Å². The van der Waals surface area contributed by atoms with Crippen LogP contribution >= 0.6 is 11.8 Å². The lowest BCUT2D eigenvalue weighted by molar-refractivity contribution is 0.133. The molecule has 1 fully saturated rings. The van der Waals surface area contributed by atoms with Gasteiger partial charge in [-0.05, 0) is 37.9 Å². The van der Waals surface area contributed by atoms with Crippen LogP contribution in [0.15, 0.2) is 0 Å². The molecule has 0 spiro atoms. The van der Waals surface area contributed by atoms with Crippen molar-refractivity contribution >= 4 is 11.8 Å². The first-order valence-electron chi connectivity index (χ1n) is 11.1. The smallest absolute Gasteiger partial charge is 0.0550 e. The Bertz CT molecular complexity index is 256. The molecule has 1 nitrogen and oxygen atoms in total. The molecule has 0 bridgehead atoms. The van der Waals surface area contributed by atoms with E-state index in [1.54, 1.807) is 0 Å². The molecule has 1 saturated carbocycles. The van der Waals surface area contributed by atoms with E-state index in [0.29, 0.717) is 0 Å². The highest BCUT2D eigenvalue weighted by atomic mass is 32.2. The van der Waals surface area contributed by atoms with E-state index in [9.17, 15) is 5.11 Å². The average Bonchev–Trinajstić information content (AvgIpc) is 2.58. The second-order valence-corrected chi connectivity index (χ2v) is 9.32. The van der Waals surface area contributed by atoms with Crippen LogP contribution in [-0.4, -0.2) is 22.2 Å². The molecule has 0 saturated heterocycles. The number of rotatable bonds is 16. The van der Waals surface area contributed by atoms with E-state index >= 15 is 0 Å². The molecule has 144 valence electrons. The summed E-state index contributed by atoms with van der Waals surface area (Å²) >= 11 is 2.13. The molecule has 0 aromatic rings. The Balaban J connectivity index is 1.70. The van der Waals surface area contributed by atoms with Crippen molar-refractivity contribution in [2.75, 3.05) is 5.75 Å². The zero-order valence-electron chi connectivity index (χ0n) is 16.4. The summed E-state index contributed by atoms with van der Waals surface area (Å²) in [6.45, 7) is 2.29. The molecule has 0 aliphatic heterocycles. The highest BCUT2D eigenvalue weighted by Gasteiger charge is 2.19. The summed E-state index contributed by atoms with van der Waals surface area (Å²) in [5.74, 6) is 1.31. The number of unbranched alkanes of at least 4 members (excludes halogenated alkanes) is 13. The fourth-order valence-electron chi connectivity index (χ4n) is 3.82. The highest BCUT2D eigenvalue weighted by Crippen LogP contribution is 2.29. The standard InChI is InChI=1S/C22H44OS/c1-2-3-4-5-6-7-8-9-10-11-12-13-14-15-19-24-22-18-16-17-21(23)20-22/h21-23H,2-20H2,1H3. The number of hydrogen-bond donors (Lipinski definition) is 1. The lowest BCUT2D eigenvalue weighted by atomic mass is 9.97. The van der Waals surface area contributed by atoms with E-state index in [0.717, 1.165) is 18.1 Å². The van der Waals surface area contributed by atoms with Crippen molar-refractivity contribution in [3.63, 3.8) is 0 Å². The van der Waals surface area contributed by atoms with E-state index in [1.807, 2.05) is 0 Å². The maximum atomic E-state index is 9.69. The van der Waals surface area contributed by atoms with Gasteiger partial charge in [0.1, 0.15) is 0 Å². The molecule has 1 N–H and O–H groups in total. The lowest BCUT2D eigenvalue weighted by Gasteiger charge is -2.25. The predicted octanol–water partition coefficient (Wildman–Crippen LogP) is 7.50. The van der Waals surface area contributed by atoms with Gasteiger partial charge in [-0.15, -0.1) is 0 Å². The van der Waals surface area contributed by atoms with Crippen LogP contribution in [0.3, 0.4) is 0 Å². The summed E-state index contributed by atoms with van der Waals surface area (Å²) in [6.07, 6.45) is 24.8. The lowest BCUT2D eigenvalue weighted by Crippen LogP contribution is -2.21. The second kappa shape index (κ2) is 16.8. The Labute approximate surface area is 156 Å². The summed E-state index contributed by atoms with van der Waals surface area (Å²) in [6, 6.07) is 0. The third-order valence-corrected chi connectivity index (χ3v) is 6.87. The fourth-order valence-corrected chi connectivity index (χ4v) is 5.21. The van der Waals surface area contributed by atoms with Gasteiger partial charge in [-0.25, -0.2) is 0 Å². The minimum absolute atomic E-state index is 0.00686. The van der Waals surface area contributed by atoms with Crippen LogP contribution in [0, 0.1) is 0 Å². The van der Waals surface area contributed by atoms with E-state index in [4.69, 9.17) is 0 Å². The van der Waals surface area contributed by atoms with Crippen molar-refractivity contribution in [3.8, 4) is 0 Å². The van der Waals surface area contributed by atoms with Crippen LogP contribution in [-0.2, 0) is 0 Å². The van der Waals surface area contributed by atoms with Gasteiger partial charge in [0, 0.05) is 5.25 Å². The van der Waals surface area contributed by atoms with Gasteiger partial charge in [-0.3, -0.25) is 0 Å². The molecule has 24 heavy (non-hydrogen) atoms. The molecule has 0 heterocycles. The fraction of sp³-hybridized carbons (Fsp3) is 1.00. The summed E-state index contributed by atoms with van der Waals surface area (Å²) < 4.78 is 0. The molecule has 2 unspecified atom stereocenters. The molecule has 0 aromatic carbocycles. The second-order valence-electron chi connectivity index (χ2n) is 7.91. The first kappa shape index (κ1) is 22.4. The Hall–Kier alpha value is 0.310. The van der Waals surface area contributed by atoms with Crippen LogP contribution in [0.5, 0.6) is 0 Å². The van der Waals surface area contributed by atoms with Crippen molar-refractivity contribution in [2.24, 2.45) is 0 Å². The van der Waals surface area contributed by atoms with Crippen LogP contribution in [0.2, 0.25) is 0 Å². The Morgan fingerprint density at radius 2 is 1.21 bits per heavy atom. The molecule has 2 heteroatoms. The molecule has 1 aliphatic carbocycles. The van der Waals surface area contributed by atoms with Gasteiger partial charge in [-0.2, -0.15) is 11.8 Å². The summed E-state index contributed by atoms with van der Waals surface area (Å²) in [5.41, 5.74) is 0. The minimum Gasteiger partial charge on any atom is -0.393 e. The molecular formula is C22H44OS. The molecular weight excluding hydrogens is 312 g/mol. The van der Waals surface area contributed by atoms with Crippen LogP contribution in [0.1, 0.15) is 122 Å². The summed E-state index contributed by atoms with van der Waals surface area (Å²) in [7, 11) is 0. The minimum atomic E-state index is -0.00686. The van der Waals surface area contributed by atoms with Gasteiger partial charge in [-0.1, -0.05) is 90.4 Å². The Morgan fingerprint density at radius 1 is 0.708 bits per heavy atom. The number of aliphatic hydroxyl groups is 1. The van der Waals surface area contributed by atoms with Gasteiger partial charge >= 0.3 is 0 Å². The van der Waals surface area contributed by atoms with Crippen LogP contribution < -0.4 is 0 Å². The number of thioether (sulfide) groups is 1. The van der Waals surface area contributed by atoms with Crippen molar-refractivity contribution in [3.05, 3.63) is 0 Å². The van der Waals surface area contributed by atoms with Gasteiger partial charge in [0.25, 0.3) is 0 Å². The zero-order valence-corrected chi connectivity index (χ0v) is 17.3. The summed E-state index contributed by atoms with van der Waals surface area (Å²) in [5, 5.41) is 10.4. The largest absolute Gasteiger partial charge is 0.393 e. The van der Waals surface area contributed by atoms with Gasteiger partial charge in [0.05, 0.1) is 6.10 Å². The van der Waals surface area contributed by atoms with Crippen LogP contribution in [0.25, 0.3) is 0 Å². The highest BCUT2D eigenvalue weighted by molar-refractivity contribution is 7.99. The van der Waals surface area contributed by atoms with Crippen molar-refractivity contribution in [1.29, 1.82) is 0 Å². The molecule has 0 radical (unpaired) electrons. The normalized spacial score (nSPS) is 21.2. The molecule has 1 rings (SSSR count). The van der Waals surface area contributed by atoms with Gasteiger partial charge < -0.3 is 5.11 Å². The maximum Gasteiger partial charge on any atom is 0.0550 e. The van der Waals surface area contributed by atoms with Gasteiger partial charge in [0.15, 0.2) is 0 Å². The Kier molecular flexibility index (Phi) is 15.6. The molecule has 2 atom stereocenters. The van der Waals surface area contributed by atoms with Gasteiger partial charge in [0.2, 0.25) is 0 Å². The van der Waals surface area contributed by atoms with E-state index in [-0.39, 0.29) is 6.10 Å². The first-order chi connectivity index (χ1) is 11.8. The van der Waals surface area contributed by atoms with E-state index < -0.39 is 0 Å². The average molecular weight is 357 g/mol. The third kappa shape index (κ3) is 13.6. The predicted molar refractivity (Wildman–Crippen MR) is 111 cm³/mol. The topological polar surface area (TPSA) is 20.2 Å². The number of aliphatic hydroxyl groups excluding tert-OH is 1. The maximum absolute atomic E-state index is 9.69. The van der Waals surface area contributed by atoms with E-state index in [1.165, 1.54) is 108 Å². The monoisotopic (exact) mass is 356 g/mol. The number of hydrogen-bond acceptors (Lipinski definition) is 2. The molecule has 0 amide bonds. The van der Waals surface area contributed by atoms with Crippen LogP contribution in [0.4, 0.5) is 0 Å². The quantitative estimate of drug-likeness (QED) is 0.289. The Morgan fingerprint density at radius 3 is 1.71 bits per heavy atom. The first-order valence-corrected chi connectivity index (χ1v) is 12.2. The summed E-state index contributed by atoms with van der Waals surface area (Å²) in [4.78, 5) is 0. The third-order valence-electron chi connectivity index (χ3n) is 5.45. The molecule has 1 aliphatic rings. The van der Waals surface area contributed by atoms with E-state index in [2.05, 4.69) is 18.7 Å². The van der Waals surface area contributed by atoms with Crippen molar-refractivity contribution < 1.29 is 5.11 Å². The molecule has 0 aromatic heterocycles. The van der Waals surface area contributed by atoms with Crippen molar-refractivity contribution in [2.45, 2.75) is 134 Å². The zero-order chi connectivity index (χ0) is 17.3. The SMILES string of the molecule is CCCCCCCCCCCCCCCCSC1CCCC(O)C1.